The highest BCUT2D eigenvalue weighted by Crippen LogP contribution is 2.28. The fraction of sp³-hybridized carbons (Fsp3) is 0.150. The molecule has 0 radical (unpaired) electrons. The summed E-state index contributed by atoms with van der Waals surface area (Å²) in [6, 6.07) is 12.0. The SMILES string of the molecule is COc1ccc(-c2csc(NC(=S)NC(=O)COc3ccccc3C)n2)cc1F. The highest BCUT2D eigenvalue weighted by molar-refractivity contribution is 7.80. The maximum absolute atomic E-state index is 13.9. The van der Waals surface area contributed by atoms with Gasteiger partial charge in [0.25, 0.3) is 5.91 Å². The van der Waals surface area contributed by atoms with E-state index in [0.717, 1.165) is 5.56 Å². The number of aryl methyl sites for hydroxylation is 1. The van der Waals surface area contributed by atoms with E-state index in [2.05, 4.69) is 15.6 Å². The maximum Gasteiger partial charge on any atom is 0.264 e. The molecule has 1 heterocycles. The molecular weight excluding hydrogens is 413 g/mol. The molecule has 0 unspecified atom stereocenters. The molecule has 0 spiro atoms. The predicted molar refractivity (Wildman–Crippen MR) is 115 cm³/mol. The van der Waals surface area contributed by atoms with Crippen molar-refractivity contribution in [1.82, 2.24) is 10.3 Å². The van der Waals surface area contributed by atoms with Gasteiger partial charge in [0.1, 0.15) is 5.75 Å². The molecule has 3 aromatic rings. The lowest BCUT2D eigenvalue weighted by molar-refractivity contribution is -0.121. The lowest BCUT2D eigenvalue weighted by atomic mass is 10.1. The third-order valence-electron chi connectivity index (χ3n) is 3.88. The first kappa shape index (κ1) is 20.7. The van der Waals surface area contributed by atoms with Crippen molar-refractivity contribution in [2.45, 2.75) is 6.92 Å². The summed E-state index contributed by atoms with van der Waals surface area (Å²) in [4.78, 5) is 16.4. The van der Waals surface area contributed by atoms with Gasteiger partial charge >= 0.3 is 0 Å². The average molecular weight is 432 g/mol. The van der Waals surface area contributed by atoms with E-state index in [0.29, 0.717) is 22.1 Å². The lowest BCUT2D eigenvalue weighted by Gasteiger charge is -2.10. The van der Waals surface area contributed by atoms with Crippen LogP contribution in [0.25, 0.3) is 11.3 Å². The summed E-state index contributed by atoms with van der Waals surface area (Å²) in [5.74, 6) is -0.0549. The molecule has 0 aliphatic heterocycles. The molecule has 0 saturated carbocycles. The van der Waals surface area contributed by atoms with Gasteiger partial charge in [-0.25, -0.2) is 9.37 Å². The number of thiazole rings is 1. The van der Waals surface area contributed by atoms with E-state index in [-0.39, 0.29) is 23.4 Å². The number of nitrogens with one attached hydrogen (secondary N) is 2. The van der Waals surface area contributed by atoms with Gasteiger partial charge in [-0.15, -0.1) is 11.3 Å². The number of hydrogen-bond acceptors (Lipinski definition) is 6. The molecular formula is C20H18FN3O3S2. The largest absolute Gasteiger partial charge is 0.494 e. The zero-order chi connectivity index (χ0) is 20.8. The molecule has 2 N–H and O–H groups in total. The van der Waals surface area contributed by atoms with Gasteiger partial charge in [-0.05, 0) is 49.0 Å². The Bertz CT molecular complexity index is 1040. The number of para-hydroxylation sites is 1. The Hall–Kier alpha value is -3.04. The van der Waals surface area contributed by atoms with Crippen LogP contribution in [0.2, 0.25) is 0 Å². The number of nitrogens with zero attached hydrogens (tertiary/aromatic N) is 1. The van der Waals surface area contributed by atoms with Gasteiger partial charge in [0.05, 0.1) is 12.8 Å². The lowest BCUT2D eigenvalue weighted by Crippen LogP contribution is -2.37. The Labute approximate surface area is 176 Å². The first-order valence-electron chi connectivity index (χ1n) is 8.55. The van der Waals surface area contributed by atoms with E-state index < -0.39 is 5.82 Å². The van der Waals surface area contributed by atoms with Crippen molar-refractivity contribution >= 4 is 39.7 Å². The molecule has 0 aliphatic carbocycles. The van der Waals surface area contributed by atoms with Crippen molar-refractivity contribution in [3.05, 3.63) is 59.2 Å². The summed E-state index contributed by atoms with van der Waals surface area (Å²) < 4.78 is 24.3. The van der Waals surface area contributed by atoms with Crippen LogP contribution in [0, 0.1) is 12.7 Å². The van der Waals surface area contributed by atoms with Crippen LogP contribution in [-0.2, 0) is 4.79 Å². The molecule has 1 aromatic heterocycles. The number of anilines is 1. The number of aromatic nitrogens is 1. The Balaban J connectivity index is 1.54. The van der Waals surface area contributed by atoms with E-state index in [1.165, 1.54) is 30.6 Å². The van der Waals surface area contributed by atoms with Crippen LogP contribution in [0.3, 0.4) is 0 Å². The van der Waals surface area contributed by atoms with Gasteiger partial charge in [0, 0.05) is 10.9 Å². The number of rotatable bonds is 6. The number of halogens is 1. The minimum atomic E-state index is -0.469. The molecule has 0 atom stereocenters. The van der Waals surface area contributed by atoms with Crippen molar-refractivity contribution in [3.63, 3.8) is 0 Å². The normalized spacial score (nSPS) is 10.3. The molecule has 2 aromatic carbocycles. The summed E-state index contributed by atoms with van der Waals surface area (Å²) in [6.07, 6.45) is 0. The van der Waals surface area contributed by atoms with E-state index in [1.54, 1.807) is 17.5 Å². The minimum absolute atomic E-state index is 0.102. The fourth-order valence-electron chi connectivity index (χ4n) is 2.44. The van der Waals surface area contributed by atoms with Crippen molar-refractivity contribution in [2.24, 2.45) is 0 Å². The van der Waals surface area contributed by atoms with Crippen molar-refractivity contribution in [2.75, 3.05) is 19.0 Å². The summed E-state index contributed by atoms with van der Waals surface area (Å²) in [7, 11) is 1.41. The number of hydrogen-bond donors (Lipinski definition) is 2. The zero-order valence-corrected chi connectivity index (χ0v) is 17.3. The predicted octanol–water partition coefficient (Wildman–Crippen LogP) is 4.16. The Kier molecular flexibility index (Phi) is 6.73. The van der Waals surface area contributed by atoms with Crippen LogP contribution < -0.4 is 20.1 Å². The minimum Gasteiger partial charge on any atom is -0.494 e. The zero-order valence-electron chi connectivity index (χ0n) is 15.7. The number of thiocarbonyl (C=S) groups is 1. The van der Waals surface area contributed by atoms with Crippen molar-refractivity contribution in [3.8, 4) is 22.8 Å². The van der Waals surface area contributed by atoms with Gasteiger partial charge in [0.2, 0.25) is 0 Å². The molecule has 1 amide bonds. The molecule has 0 aliphatic rings. The highest BCUT2D eigenvalue weighted by atomic mass is 32.1. The second-order valence-electron chi connectivity index (χ2n) is 5.94. The topological polar surface area (TPSA) is 72.5 Å². The third-order valence-corrected chi connectivity index (χ3v) is 4.84. The molecule has 6 nitrogen and oxygen atoms in total. The first-order chi connectivity index (χ1) is 14.0. The average Bonchev–Trinajstić information content (AvgIpc) is 3.15. The van der Waals surface area contributed by atoms with E-state index in [9.17, 15) is 9.18 Å². The van der Waals surface area contributed by atoms with E-state index in [4.69, 9.17) is 21.7 Å². The fourth-order valence-corrected chi connectivity index (χ4v) is 3.44. The molecule has 150 valence electrons. The van der Waals surface area contributed by atoms with Crippen molar-refractivity contribution in [1.29, 1.82) is 0 Å². The van der Waals surface area contributed by atoms with Crippen LogP contribution in [0.15, 0.2) is 47.8 Å². The summed E-state index contributed by atoms with van der Waals surface area (Å²) in [5.41, 5.74) is 2.12. The van der Waals surface area contributed by atoms with Crippen LogP contribution in [-0.4, -0.2) is 29.7 Å². The van der Waals surface area contributed by atoms with Crippen LogP contribution in [0.5, 0.6) is 11.5 Å². The molecule has 3 rings (SSSR count). The first-order valence-corrected chi connectivity index (χ1v) is 9.83. The summed E-state index contributed by atoms with van der Waals surface area (Å²) >= 11 is 6.42. The molecule has 9 heteroatoms. The number of carbonyl (C=O) groups excluding carboxylic acids is 1. The summed E-state index contributed by atoms with van der Waals surface area (Å²) in [5, 5.41) is 7.72. The second kappa shape index (κ2) is 9.44. The number of methoxy groups -OCH3 is 1. The van der Waals surface area contributed by atoms with E-state index in [1.807, 2.05) is 25.1 Å². The van der Waals surface area contributed by atoms with Gasteiger partial charge in [-0.2, -0.15) is 0 Å². The van der Waals surface area contributed by atoms with Crippen LogP contribution in [0.4, 0.5) is 9.52 Å². The van der Waals surface area contributed by atoms with Gasteiger partial charge in [0.15, 0.2) is 28.4 Å². The van der Waals surface area contributed by atoms with Crippen molar-refractivity contribution < 1.29 is 18.7 Å². The van der Waals surface area contributed by atoms with Gasteiger partial charge in [-0.3, -0.25) is 10.1 Å². The second-order valence-corrected chi connectivity index (χ2v) is 7.21. The van der Waals surface area contributed by atoms with E-state index >= 15 is 0 Å². The van der Waals surface area contributed by atoms with Gasteiger partial charge < -0.3 is 14.8 Å². The number of benzene rings is 2. The Morgan fingerprint density at radius 1 is 1.24 bits per heavy atom. The number of carbonyl (C=O) groups is 1. The van der Waals surface area contributed by atoms with Crippen LogP contribution in [0.1, 0.15) is 5.56 Å². The maximum atomic E-state index is 13.9. The quantitative estimate of drug-likeness (QED) is 0.571. The molecule has 0 fully saturated rings. The molecule has 29 heavy (non-hydrogen) atoms. The number of ether oxygens (including phenoxy) is 2. The summed E-state index contributed by atoms with van der Waals surface area (Å²) in [6.45, 7) is 1.73. The molecule has 0 bridgehead atoms. The molecule has 0 saturated heterocycles. The van der Waals surface area contributed by atoms with Gasteiger partial charge in [-0.1, -0.05) is 18.2 Å². The smallest absolute Gasteiger partial charge is 0.264 e. The monoisotopic (exact) mass is 431 g/mol. The van der Waals surface area contributed by atoms with Crippen LogP contribution >= 0.6 is 23.6 Å². The number of amides is 1. The standard InChI is InChI=1S/C20H18FN3O3S2/c1-12-5-3-4-6-16(12)27-10-18(25)23-19(28)24-20-22-15(11-29-20)13-7-8-17(26-2)14(21)9-13/h3-9,11H,10H2,1-2H3,(H2,22,23,24,25,28). The highest BCUT2D eigenvalue weighted by Gasteiger charge is 2.11. The Morgan fingerprint density at radius 3 is 2.76 bits per heavy atom. The Morgan fingerprint density at radius 2 is 2.03 bits per heavy atom. The third kappa shape index (κ3) is 5.49.